The molecule has 2 amide bonds. The Morgan fingerprint density at radius 2 is 2.14 bits per heavy atom. The Hall–Kier alpha value is -1.75. The number of carbonyl (C=O) groups is 2. The smallest absolute Gasteiger partial charge is 0.410 e. The van der Waals surface area contributed by atoms with Crippen molar-refractivity contribution >= 4 is 29.3 Å². The molecule has 1 N–H and O–H groups in total. The number of nitrogens with one attached hydrogen (secondary N) is 1. The Kier molecular flexibility index (Phi) is 3.36. The molecule has 1 fully saturated rings. The van der Waals surface area contributed by atoms with Crippen LogP contribution >= 0.6 is 11.6 Å². The van der Waals surface area contributed by atoms with E-state index < -0.39 is 11.0 Å². The maximum Gasteiger partial charge on any atom is 0.410 e. The molecule has 0 unspecified atom stereocenters. The van der Waals surface area contributed by atoms with Gasteiger partial charge < -0.3 is 15.0 Å². The van der Waals surface area contributed by atoms with Gasteiger partial charge in [-0.3, -0.25) is 4.79 Å². The van der Waals surface area contributed by atoms with E-state index in [0.29, 0.717) is 30.2 Å². The summed E-state index contributed by atoms with van der Waals surface area (Å²) in [5.74, 6) is -0.0957. The highest BCUT2D eigenvalue weighted by Gasteiger charge is 2.53. The number of hydrogen-bond donors (Lipinski definition) is 1. The maximum atomic E-state index is 12.5. The van der Waals surface area contributed by atoms with Gasteiger partial charge in [0.15, 0.2) is 0 Å². The van der Waals surface area contributed by atoms with E-state index in [1.807, 2.05) is 32.9 Å². The Morgan fingerprint density at radius 3 is 2.82 bits per heavy atom. The number of fused-ring (bicyclic) bond motifs is 2. The van der Waals surface area contributed by atoms with Crippen LogP contribution in [0.5, 0.6) is 0 Å². The molecule has 22 heavy (non-hydrogen) atoms. The maximum absolute atomic E-state index is 12.5. The third kappa shape index (κ3) is 2.33. The third-order valence-electron chi connectivity index (χ3n) is 4.12. The van der Waals surface area contributed by atoms with E-state index in [1.165, 1.54) is 0 Å². The highest BCUT2D eigenvalue weighted by atomic mass is 35.5. The molecule has 0 aromatic heterocycles. The van der Waals surface area contributed by atoms with E-state index >= 15 is 0 Å². The van der Waals surface area contributed by atoms with Gasteiger partial charge in [-0.1, -0.05) is 23.7 Å². The number of ether oxygens (including phenoxy) is 1. The number of nitrogens with zero attached hydrogens (tertiary/aromatic N) is 1. The molecule has 0 radical (unpaired) electrons. The molecule has 1 saturated heterocycles. The van der Waals surface area contributed by atoms with Crippen LogP contribution in [-0.2, 0) is 14.9 Å². The number of carbonyl (C=O) groups excluding carboxylic acids is 2. The summed E-state index contributed by atoms with van der Waals surface area (Å²) < 4.78 is 5.40. The van der Waals surface area contributed by atoms with E-state index in [2.05, 4.69) is 5.32 Å². The van der Waals surface area contributed by atoms with Crippen molar-refractivity contribution in [2.24, 2.45) is 0 Å². The van der Waals surface area contributed by atoms with Crippen molar-refractivity contribution in [1.82, 2.24) is 4.90 Å². The van der Waals surface area contributed by atoms with Crippen LogP contribution < -0.4 is 5.32 Å². The Balaban J connectivity index is 1.87. The van der Waals surface area contributed by atoms with Crippen LogP contribution in [0.15, 0.2) is 18.2 Å². The number of benzene rings is 1. The second kappa shape index (κ2) is 4.88. The lowest BCUT2D eigenvalue weighted by Gasteiger charge is -2.26. The molecule has 1 atom stereocenters. The molecule has 0 bridgehead atoms. The number of rotatable bonds is 0. The van der Waals surface area contributed by atoms with Crippen molar-refractivity contribution in [3.63, 3.8) is 0 Å². The molecule has 118 valence electrons. The third-order valence-corrected chi connectivity index (χ3v) is 4.44. The highest BCUT2D eigenvalue weighted by molar-refractivity contribution is 6.34. The molecule has 2 heterocycles. The van der Waals surface area contributed by atoms with Gasteiger partial charge >= 0.3 is 6.09 Å². The molecule has 0 saturated carbocycles. The second-order valence-electron chi connectivity index (χ2n) is 6.85. The molecule has 6 heteroatoms. The first-order valence-electron chi connectivity index (χ1n) is 7.31. The van der Waals surface area contributed by atoms with Crippen LogP contribution in [-0.4, -0.2) is 35.6 Å². The summed E-state index contributed by atoms with van der Waals surface area (Å²) in [6.45, 7) is 6.30. The van der Waals surface area contributed by atoms with Gasteiger partial charge in [0.25, 0.3) is 0 Å². The second-order valence-corrected chi connectivity index (χ2v) is 7.26. The molecule has 3 rings (SSSR count). The predicted octanol–water partition coefficient (Wildman–Crippen LogP) is 3.17. The molecule has 1 aromatic carbocycles. The fraction of sp³-hybridized carbons (Fsp3) is 0.500. The first kappa shape index (κ1) is 15.2. The Labute approximate surface area is 134 Å². The van der Waals surface area contributed by atoms with Crippen molar-refractivity contribution in [2.75, 3.05) is 18.4 Å². The molecule has 1 aromatic rings. The van der Waals surface area contributed by atoms with Gasteiger partial charge in [-0.25, -0.2) is 4.79 Å². The molecule has 2 aliphatic rings. The molecule has 1 spiro atoms. The molecule has 5 nitrogen and oxygen atoms in total. The normalized spacial score (nSPS) is 23.6. The van der Waals surface area contributed by atoms with Crippen LogP contribution in [0.4, 0.5) is 10.5 Å². The van der Waals surface area contributed by atoms with Gasteiger partial charge in [0, 0.05) is 13.1 Å². The van der Waals surface area contributed by atoms with E-state index in [1.54, 1.807) is 11.0 Å². The van der Waals surface area contributed by atoms with E-state index in [9.17, 15) is 9.59 Å². The van der Waals surface area contributed by atoms with Crippen molar-refractivity contribution in [3.8, 4) is 0 Å². The number of likely N-dealkylation sites (tertiary alicyclic amines) is 1. The summed E-state index contributed by atoms with van der Waals surface area (Å²) in [5, 5.41) is 3.38. The van der Waals surface area contributed by atoms with Crippen LogP contribution in [0.25, 0.3) is 0 Å². The molecule has 2 aliphatic heterocycles. The van der Waals surface area contributed by atoms with Gasteiger partial charge in [0.2, 0.25) is 5.91 Å². The van der Waals surface area contributed by atoms with E-state index in [0.717, 1.165) is 5.56 Å². The summed E-state index contributed by atoms with van der Waals surface area (Å²) >= 11 is 6.16. The quantitative estimate of drug-likeness (QED) is 0.798. The van der Waals surface area contributed by atoms with Gasteiger partial charge in [-0.05, 0) is 38.8 Å². The minimum absolute atomic E-state index is 0.0957. The zero-order chi connectivity index (χ0) is 16.1. The van der Waals surface area contributed by atoms with Gasteiger partial charge in [-0.2, -0.15) is 0 Å². The molecular weight excluding hydrogens is 304 g/mol. The van der Waals surface area contributed by atoms with Crippen molar-refractivity contribution < 1.29 is 14.3 Å². The fourth-order valence-electron chi connectivity index (χ4n) is 3.10. The van der Waals surface area contributed by atoms with Gasteiger partial charge in [0.1, 0.15) is 5.60 Å². The Bertz CT molecular complexity index is 653. The summed E-state index contributed by atoms with van der Waals surface area (Å²) in [5.41, 5.74) is 0.277. The summed E-state index contributed by atoms with van der Waals surface area (Å²) in [4.78, 5) is 26.3. The Morgan fingerprint density at radius 1 is 1.41 bits per heavy atom. The van der Waals surface area contributed by atoms with Crippen molar-refractivity contribution in [1.29, 1.82) is 0 Å². The minimum atomic E-state index is -0.711. The lowest BCUT2D eigenvalue weighted by atomic mass is 9.81. The van der Waals surface area contributed by atoms with Crippen molar-refractivity contribution in [2.45, 2.75) is 38.2 Å². The number of anilines is 1. The minimum Gasteiger partial charge on any atom is -0.444 e. The number of halogens is 1. The lowest BCUT2D eigenvalue weighted by molar-refractivity contribution is -0.120. The molecular formula is C16H19ClN2O3. The number of hydrogen-bond acceptors (Lipinski definition) is 3. The van der Waals surface area contributed by atoms with Crippen LogP contribution in [0.2, 0.25) is 5.02 Å². The van der Waals surface area contributed by atoms with Gasteiger partial charge in [0.05, 0.1) is 16.1 Å². The zero-order valence-electron chi connectivity index (χ0n) is 12.9. The number of amides is 2. The van der Waals surface area contributed by atoms with Crippen molar-refractivity contribution in [3.05, 3.63) is 28.8 Å². The van der Waals surface area contributed by atoms with Gasteiger partial charge in [-0.15, -0.1) is 0 Å². The zero-order valence-corrected chi connectivity index (χ0v) is 13.7. The average molecular weight is 323 g/mol. The SMILES string of the molecule is CC(C)(C)OC(=O)N1CC[C@]2(C1)C(=O)Nc1c(Cl)cccc12. The monoisotopic (exact) mass is 322 g/mol. The fourth-order valence-corrected chi connectivity index (χ4v) is 3.32. The predicted molar refractivity (Wildman–Crippen MR) is 84.2 cm³/mol. The summed E-state index contributed by atoms with van der Waals surface area (Å²) in [7, 11) is 0. The summed E-state index contributed by atoms with van der Waals surface area (Å²) in [6, 6.07) is 5.48. The van der Waals surface area contributed by atoms with Crippen LogP contribution in [0.3, 0.4) is 0 Å². The van der Waals surface area contributed by atoms with E-state index in [-0.39, 0.29) is 12.0 Å². The van der Waals surface area contributed by atoms with Crippen LogP contribution in [0.1, 0.15) is 32.8 Å². The first-order valence-corrected chi connectivity index (χ1v) is 7.69. The largest absolute Gasteiger partial charge is 0.444 e. The summed E-state index contributed by atoms with van der Waals surface area (Å²) in [6.07, 6.45) is 0.193. The van der Waals surface area contributed by atoms with E-state index in [4.69, 9.17) is 16.3 Å². The average Bonchev–Trinajstić information content (AvgIpc) is 2.95. The topological polar surface area (TPSA) is 58.6 Å². The number of para-hydroxylation sites is 1. The lowest BCUT2D eigenvalue weighted by Crippen LogP contribution is -2.41. The molecule has 0 aliphatic carbocycles. The first-order chi connectivity index (χ1) is 10.2. The highest BCUT2D eigenvalue weighted by Crippen LogP contribution is 2.46. The van der Waals surface area contributed by atoms with Crippen LogP contribution in [0, 0.1) is 0 Å². The standard InChI is InChI=1S/C16H19ClN2O3/c1-15(2,3)22-14(21)19-8-7-16(9-19)10-5-4-6-11(17)12(10)18-13(16)20/h4-6H,7-9H2,1-3H3,(H,18,20)/t16-/m1/s1.